The molecule has 98 valence electrons. The molecule has 2 atom stereocenters. The minimum absolute atomic E-state index is 0.0737. The van der Waals surface area contributed by atoms with Crippen molar-refractivity contribution in [2.75, 3.05) is 12.3 Å². The van der Waals surface area contributed by atoms with E-state index in [2.05, 4.69) is 5.32 Å². The summed E-state index contributed by atoms with van der Waals surface area (Å²) in [5.74, 6) is 1.15. The molecule has 1 aliphatic rings. The summed E-state index contributed by atoms with van der Waals surface area (Å²) in [6.45, 7) is 0.338. The molecule has 1 aromatic carbocycles. The average Bonchev–Trinajstić information content (AvgIpc) is 2.91. The molecule has 2 rings (SSSR count). The molecule has 2 unspecified atom stereocenters. The third-order valence-electron chi connectivity index (χ3n) is 3.05. The maximum Gasteiger partial charge on any atom is 0.233 e. The molecule has 0 radical (unpaired) electrons. The van der Waals surface area contributed by atoms with Crippen LogP contribution in [0.1, 0.15) is 18.4 Å². The number of aliphatic hydroxyl groups excluding tert-OH is 1. The van der Waals surface area contributed by atoms with Gasteiger partial charge in [-0.3, -0.25) is 4.79 Å². The smallest absolute Gasteiger partial charge is 0.233 e. The highest BCUT2D eigenvalue weighted by molar-refractivity contribution is 8.00. The second kappa shape index (κ2) is 6.81. The molecule has 1 aromatic rings. The second-order valence-corrected chi connectivity index (χ2v) is 5.90. The molecular formula is C14H19NO2S. The van der Waals surface area contributed by atoms with Crippen molar-refractivity contribution in [3.8, 4) is 0 Å². The molecule has 1 amide bonds. The molecule has 2 N–H and O–H groups in total. The van der Waals surface area contributed by atoms with Crippen molar-refractivity contribution < 1.29 is 9.90 Å². The van der Waals surface area contributed by atoms with Crippen molar-refractivity contribution >= 4 is 17.7 Å². The van der Waals surface area contributed by atoms with E-state index < -0.39 is 6.10 Å². The molecule has 0 spiro atoms. The van der Waals surface area contributed by atoms with Gasteiger partial charge in [-0.15, -0.1) is 11.8 Å². The second-order valence-electron chi connectivity index (χ2n) is 4.59. The van der Waals surface area contributed by atoms with E-state index in [0.717, 1.165) is 24.2 Å². The molecule has 0 aromatic heterocycles. The van der Waals surface area contributed by atoms with E-state index in [0.29, 0.717) is 13.0 Å². The Kier molecular flexibility index (Phi) is 5.08. The third kappa shape index (κ3) is 4.03. The van der Waals surface area contributed by atoms with Gasteiger partial charge in [0.15, 0.2) is 0 Å². The fraction of sp³-hybridized carbons (Fsp3) is 0.500. The first-order valence-corrected chi connectivity index (χ1v) is 7.42. The van der Waals surface area contributed by atoms with Crippen molar-refractivity contribution in [1.29, 1.82) is 0 Å². The van der Waals surface area contributed by atoms with Gasteiger partial charge in [-0.05, 0) is 24.2 Å². The Hall–Kier alpha value is -1.00. The SMILES string of the molecule is O=C(NCC(O)Cc1ccccc1)C1CCCS1. The highest BCUT2D eigenvalue weighted by Gasteiger charge is 2.23. The van der Waals surface area contributed by atoms with Crippen LogP contribution in [0.5, 0.6) is 0 Å². The molecule has 1 aliphatic heterocycles. The normalized spacial score (nSPS) is 20.6. The summed E-state index contributed by atoms with van der Waals surface area (Å²) in [5, 5.41) is 12.8. The zero-order chi connectivity index (χ0) is 12.8. The first kappa shape index (κ1) is 13.4. The van der Waals surface area contributed by atoms with E-state index in [1.807, 2.05) is 30.3 Å². The Morgan fingerprint density at radius 2 is 2.22 bits per heavy atom. The fourth-order valence-corrected chi connectivity index (χ4v) is 3.26. The predicted octanol–water partition coefficient (Wildman–Crippen LogP) is 1.60. The largest absolute Gasteiger partial charge is 0.391 e. The lowest BCUT2D eigenvalue weighted by molar-refractivity contribution is -0.121. The van der Waals surface area contributed by atoms with Crippen LogP contribution in [0.2, 0.25) is 0 Å². The molecule has 1 heterocycles. The van der Waals surface area contributed by atoms with Gasteiger partial charge in [-0.25, -0.2) is 0 Å². The first-order valence-electron chi connectivity index (χ1n) is 6.37. The number of nitrogens with one attached hydrogen (secondary N) is 1. The summed E-state index contributed by atoms with van der Waals surface area (Å²) in [6, 6.07) is 9.83. The van der Waals surface area contributed by atoms with Crippen LogP contribution in [0.3, 0.4) is 0 Å². The standard InChI is InChI=1S/C14H19NO2S/c16-12(9-11-5-2-1-3-6-11)10-15-14(17)13-7-4-8-18-13/h1-3,5-6,12-13,16H,4,7-10H2,(H,15,17). The number of rotatable bonds is 5. The van der Waals surface area contributed by atoms with E-state index >= 15 is 0 Å². The van der Waals surface area contributed by atoms with Crippen molar-refractivity contribution in [3.05, 3.63) is 35.9 Å². The molecule has 0 bridgehead atoms. The van der Waals surface area contributed by atoms with Crippen LogP contribution in [-0.4, -0.2) is 34.7 Å². The van der Waals surface area contributed by atoms with Crippen LogP contribution < -0.4 is 5.32 Å². The van der Waals surface area contributed by atoms with Crippen LogP contribution in [0.25, 0.3) is 0 Å². The minimum Gasteiger partial charge on any atom is -0.391 e. The summed E-state index contributed by atoms with van der Waals surface area (Å²) in [5.41, 5.74) is 1.09. The Morgan fingerprint density at radius 1 is 1.44 bits per heavy atom. The Labute approximate surface area is 112 Å². The van der Waals surface area contributed by atoms with Gasteiger partial charge in [-0.1, -0.05) is 30.3 Å². The number of hydrogen-bond acceptors (Lipinski definition) is 3. The van der Waals surface area contributed by atoms with E-state index in [1.165, 1.54) is 0 Å². The van der Waals surface area contributed by atoms with E-state index in [-0.39, 0.29) is 11.2 Å². The molecule has 0 saturated carbocycles. The summed E-state index contributed by atoms with van der Waals surface area (Å²) in [4.78, 5) is 11.8. The van der Waals surface area contributed by atoms with Crippen LogP contribution >= 0.6 is 11.8 Å². The number of carbonyl (C=O) groups excluding carboxylic acids is 1. The van der Waals surface area contributed by atoms with Crippen LogP contribution in [0.4, 0.5) is 0 Å². The van der Waals surface area contributed by atoms with Gasteiger partial charge >= 0.3 is 0 Å². The van der Waals surface area contributed by atoms with Gasteiger partial charge in [0.25, 0.3) is 0 Å². The molecule has 1 fully saturated rings. The minimum atomic E-state index is -0.511. The van der Waals surface area contributed by atoms with Crippen LogP contribution in [-0.2, 0) is 11.2 Å². The lowest BCUT2D eigenvalue weighted by Crippen LogP contribution is -2.37. The zero-order valence-electron chi connectivity index (χ0n) is 10.3. The summed E-state index contributed by atoms with van der Waals surface area (Å²) in [6.07, 6.45) is 2.15. The molecule has 3 nitrogen and oxygen atoms in total. The monoisotopic (exact) mass is 265 g/mol. The maximum absolute atomic E-state index is 11.8. The summed E-state index contributed by atoms with van der Waals surface area (Å²) < 4.78 is 0. The summed E-state index contributed by atoms with van der Waals surface area (Å²) in [7, 11) is 0. The maximum atomic E-state index is 11.8. The van der Waals surface area contributed by atoms with Crippen LogP contribution in [0.15, 0.2) is 30.3 Å². The van der Waals surface area contributed by atoms with Crippen molar-refractivity contribution in [2.24, 2.45) is 0 Å². The Bertz CT molecular complexity index is 377. The topological polar surface area (TPSA) is 49.3 Å². The van der Waals surface area contributed by atoms with Crippen molar-refractivity contribution in [2.45, 2.75) is 30.6 Å². The zero-order valence-corrected chi connectivity index (χ0v) is 11.2. The van der Waals surface area contributed by atoms with Gasteiger partial charge in [-0.2, -0.15) is 0 Å². The Balaban J connectivity index is 1.71. The van der Waals surface area contributed by atoms with Crippen molar-refractivity contribution in [3.63, 3.8) is 0 Å². The molecular weight excluding hydrogens is 246 g/mol. The number of hydrogen-bond donors (Lipinski definition) is 2. The highest BCUT2D eigenvalue weighted by atomic mass is 32.2. The average molecular weight is 265 g/mol. The first-order chi connectivity index (χ1) is 8.75. The van der Waals surface area contributed by atoms with E-state index in [1.54, 1.807) is 11.8 Å². The molecule has 0 aliphatic carbocycles. The molecule has 4 heteroatoms. The summed E-state index contributed by atoms with van der Waals surface area (Å²) >= 11 is 1.71. The number of benzene rings is 1. The number of carbonyl (C=O) groups is 1. The third-order valence-corrected chi connectivity index (χ3v) is 4.42. The van der Waals surface area contributed by atoms with Gasteiger partial charge < -0.3 is 10.4 Å². The Morgan fingerprint density at radius 3 is 2.89 bits per heavy atom. The number of thioether (sulfide) groups is 1. The number of amides is 1. The van der Waals surface area contributed by atoms with Crippen LogP contribution in [0, 0.1) is 0 Å². The van der Waals surface area contributed by atoms with Gasteiger partial charge in [0.1, 0.15) is 0 Å². The fourth-order valence-electron chi connectivity index (χ4n) is 2.08. The van der Waals surface area contributed by atoms with E-state index in [4.69, 9.17) is 0 Å². The lowest BCUT2D eigenvalue weighted by Gasteiger charge is -2.14. The lowest BCUT2D eigenvalue weighted by atomic mass is 10.1. The molecule has 1 saturated heterocycles. The number of aliphatic hydroxyl groups is 1. The van der Waals surface area contributed by atoms with Gasteiger partial charge in [0.2, 0.25) is 5.91 Å². The van der Waals surface area contributed by atoms with Gasteiger partial charge in [0.05, 0.1) is 11.4 Å². The van der Waals surface area contributed by atoms with E-state index in [9.17, 15) is 9.90 Å². The van der Waals surface area contributed by atoms with Crippen molar-refractivity contribution in [1.82, 2.24) is 5.32 Å². The molecule has 18 heavy (non-hydrogen) atoms. The quantitative estimate of drug-likeness (QED) is 0.850. The van der Waals surface area contributed by atoms with Gasteiger partial charge in [0, 0.05) is 13.0 Å². The highest BCUT2D eigenvalue weighted by Crippen LogP contribution is 2.25. The predicted molar refractivity (Wildman–Crippen MR) is 74.6 cm³/mol.